The van der Waals surface area contributed by atoms with Gasteiger partial charge in [-0.2, -0.15) is 0 Å². The van der Waals surface area contributed by atoms with Crippen molar-refractivity contribution in [2.75, 3.05) is 17.6 Å². The van der Waals surface area contributed by atoms with Gasteiger partial charge in [0, 0.05) is 12.6 Å². The molecule has 0 aliphatic heterocycles. The normalized spacial score (nSPS) is 18.9. The van der Waals surface area contributed by atoms with Crippen molar-refractivity contribution >= 4 is 11.6 Å². The molecule has 0 spiro atoms. The van der Waals surface area contributed by atoms with Crippen LogP contribution in [0, 0.1) is 11.6 Å². The minimum Gasteiger partial charge on any atom is -0.388 e. The average Bonchev–Trinajstić information content (AvgIpc) is 2.58. The monoisotopic (exact) mass is 271 g/mol. The number of aromatic nitrogens is 1. The van der Waals surface area contributed by atoms with Gasteiger partial charge < -0.3 is 16.2 Å². The van der Waals surface area contributed by atoms with Crippen molar-refractivity contribution in [1.29, 1.82) is 0 Å². The Balaban J connectivity index is 2.03. The first-order chi connectivity index (χ1) is 9.00. The van der Waals surface area contributed by atoms with Crippen LogP contribution in [0.2, 0.25) is 0 Å². The molecule has 6 heteroatoms. The predicted octanol–water partition coefficient (Wildman–Crippen LogP) is 2.44. The van der Waals surface area contributed by atoms with E-state index in [9.17, 15) is 13.9 Å². The van der Waals surface area contributed by atoms with Crippen LogP contribution in [-0.4, -0.2) is 22.2 Å². The molecule has 4 nitrogen and oxygen atoms in total. The van der Waals surface area contributed by atoms with Gasteiger partial charge in [0.05, 0.1) is 5.60 Å². The molecule has 0 bridgehead atoms. The highest BCUT2D eigenvalue weighted by atomic mass is 19.1. The maximum atomic E-state index is 13.5. The number of pyridine rings is 1. The minimum atomic E-state index is -0.878. The SMILES string of the molecule is Nc1nc(NCC2(O)CCCCCC2)c(F)cc1F. The van der Waals surface area contributed by atoms with E-state index >= 15 is 0 Å². The van der Waals surface area contributed by atoms with Crippen molar-refractivity contribution in [3.8, 4) is 0 Å². The Kier molecular flexibility index (Phi) is 4.19. The highest BCUT2D eigenvalue weighted by Gasteiger charge is 2.28. The highest BCUT2D eigenvalue weighted by Crippen LogP contribution is 2.27. The van der Waals surface area contributed by atoms with Gasteiger partial charge in [-0.15, -0.1) is 0 Å². The molecule has 2 rings (SSSR count). The van der Waals surface area contributed by atoms with Gasteiger partial charge in [-0.05, 0) is 12.8 Å². The molecular weight excluding hydrogens is 252 g/mol. The number of hydrogen-bond donors (Lipinski definition) is 3. The van der Waals surface area contributed by atoms with Gasteiger partial charge >= 0.3 is 0 Å². The molecule has 1 fully saturated rings. The van der Waals surface area contributed by atoms with Crippen LogP contribution >= 0.6 is 0 Å². The zero-order chi connectivity index (χ0) is 13.9. The maximum Gasteiger partial charge on any atom is 0.168 e. The van der Waals surface area contributed by atoms with E-state index < -0.39 is 17.2 Å². The summed E-state index contributed by atoms with van der Waals surface area (Å²) in [5, 5.41) is 13.1. The van der Waals surface area contributed by atoms with Crippen LogP contribution in [0.5, 0.6) is 0 Å². The summed E-state index contributed by atoms with van der Waals surface area (Å²) in [6, 6.07) is 0.696. The largest absolute Gasteiger partial charge is 0.388 e. The van der Waals surface area contributed by atoms with Gasteiger partial charge in [0.2, 0.25) is 0 Å². The summed E-state index contributed by atoms with van der Waals surface area (Å²) >= 11 is 0. The van der Waals surface area contributed by atoms with Crippen molar-refractivity contribution in [2.24, 2.45) is 0 Å². The topological polar surface area (TPSA) is 71.2 Å². The second-order valence-corrected chi connectivity index (χ2v) is 5.18. The molecule has 4 N–H and O–H groups in total. The van der Waals surface area contributed by atoms with E-state index in [1.807, 2.05) is 0 Å². The van der Waals surface area contributed by atoms with Crippen LogP contribution in [0.15, 0.2) is 6.07 Å². The quantitative estimate of drug-likeness (QED) is 0.738. The number of nitrogens with zero attached hydrogens (tertiary/aromatic N) is 1. The van der Waals surface area contributed by atoms with Gasteiger partial charge in [0.25, 0.3) is 0 Å². The fourth-order valence-electron chi connectivity index (χ4n) is 2.42. The Labute approximate surface area is 111 Å². The summed E-state index contributed by atoms with van der Waals surface area (Å²) in [6.07, 6.45) is 5.49. The number of nitrogens with two attached hydrogens (primary N) is 1. The lowest BCUT2D eigenvalue weighted by molar-refractivity contribution is 0.0380. The standard InChI is InChI=1S/C13H19F2N3O/c14-9-7-10(15)12(18-11(9)16)17-8-13(19)5-3-1-2-4-6-13/h7,19H,1-6,8H2,(H3,16,17,18). The third-order valence-corrected chi connectivity index (χ3v) is 3.58. The number of halogens is 2. The molecule has 1 saturated carbocycles. The van der Waals surface area contributed by atoms with Crippen LogP contribution < -0.4 is 11.1 Å². The zero-order valence-electron chi connectivity index (χ0n) is 10.8. The Morgan fingerprint density at radius 2 is 1.84 bits per heavy atom. The number of hydrogen-bond acceptors (Lipinski definition) is 4. The van der Waals surface area contributed by atoms with E-state index in [1.54, 1.807) is 0 Å². The molecule has 0 saturated heterocycles. The molecule has 1 aromatic rings. The average molecular weight is 271 g/mol. The van der Waals surface area contributed by atoms with E-state index in [-0.39, 0.29) is 18.2 Å². The first-order valence-electron chi connectivity index (χ1n) is 6.58. The first kappa shape index (κ1) is 14.0. The number of rotatable bonds is 3. The third-order valence-electron chi connectivity index (χ3n) is 3.58. The Hall–Kier alpha value is -1.43. The van der Waals surface area contributed by atoms with Gasteiger partial charge in [0.1, 0.15) is 0 Å². The summed E-state index contributed by atoms with van der Waals surface area (Å²) in [4.78, 5) is 3.62. The summed E-state index contributed by atoms with van der Waals surface area (Å²) in [5.41, 5.74) is 4.45. The Morgan fingerprint density at radius 1 is 1.21 bits per heavy atom. The molecule has 0 radical (unpaired) electrons. The van der Waals surface area contributed by atoms with E-state index in [2.05, 4.69) is 10.3 Å². The summed E-state index contributed by atoms with van der Waals surface area (Å²) in [6.45, 7) is 0.196. The van der Waals surface area contributed by atoms with Crippen LogP contribution in [0.1, 0.15) is 38.5 Å². The van der Waals surface area contributed by atoms with Crippen molar-refractivity contribution in [2.45, 2.75) is 44.1 Å². The van der Waals surface area contributed by atoms with Gasteiger partial charge in [0.15, 0.2) is 23.3 Å². The van der Waals surface area contributed by atoms with Crippen molar-refractivity contribution in [3.63, 3.8) is 0 Å². The smallest absolute Gasteiger partial charge is 0.168 e. The predicted molar refractivity (Wildman–Crippen MR) is 69.7 cm³/mol. The molecule has 0 aromatic carbocycles. The minimum absolute atomic E-state index is 0.114. The molecule has 0 atom stereocenters. The molecule has 1 heterocycles. The van der Waals surface area contributed by atoms with E-state index in [0.29, 0.717) is 18.9 Å². The third kappa shape index (κ3) is 3.53. The Morgan fingerprint density at radius 3 is 2.47 bits per heavy atom. The molecule has 0 amide bonds. The zero-order valence-corrected chi connectivity index (χ0v) is 10.8. The fourth-order valence-corrected chi connectivity index (χ4v) is 2.42. The van der Waals surface area contributed by atoms with Crippen molar-refractivity contribution < 1.29 is 13.9 Å². The Bertz CT molecular complexity index is 446. The molecular formula is C13H19F2N3O. The lowest BCUT2D eigenvalue weighted by atomic mass is 9.94. The lowest BCUT2D eigenvalue weighted by Crippen LogP contribution is -2.36. The summed E-state index contributed by atoms with van der Waals surface area (Å²) < 4.78 is 26.5. The number of anilines is 2. The summed E-state index contributed by atoms with van der Waals surface area (Å²) in [5.74, 6) is -2.14. The second kappa shape index (κ2) is 5.69. The first-order valence-corrected chi connectivity index (χ1v) is 6.58. The summed E-state index contributed by atoms with van der Waals surface area (Å²) in [7, 11) is 0. The van der Waals surface area contributed by atoms with Gasteiger partial charge in [-0.1, -0.05) is 25.7 Å². The van der Waals surface area contributed by atoms with Crippen molar-refractivity contribution in [3.05, 3.63) is 17.7 Å². The fraction of sp³-hybridized carbons (Fsp3) is 0.615. The van der Waals surface area contributed by atoms with Crippen LogP contribution in [0.4, 0.5) is 20.4 Å². The molecule has 1 aromatic heterocycles. The van der Waals surface area contributed by atoms with Crippen LogP contribution in [-0.2, 0) is 0 Å². The number of nitrogen functional groups attached to an aromatic ring is 1. The molecule has 1 aliphatic rings. The van der Waals surface area contributed by atoms with E-state index in [1.165, 1.54) is 0 Å². The van der Waals surface area contributed by atoms with E-state index in [4.69, 9.17) is 5.73 Å². The number of aliphatic hydroxyl groups is 1. The lowest BCUT2D eigenvalue weighted by Gasteiger charge is -2.27. The highest BCUT2D eigenvalue weighted by molar-refractivity contribution is 5.45. The molecule has 19 heavy (non-hydrogen) atoms. The molecule has 1 aliphatic carbocycles. The van der Waals surface area contributed by atoms with Gasteiger partial charge in [-0.25, -0.2) is 13.8 Å². The van der Waals surface area contributed by atoms with Crippen molar-refractivity contribution in [1.82, 2.24) is 4.98 Å². The van der Waals surface area contributed by atoms with Crippen LogP contribution in [0.25, 0.3) is 0 Å². The molecule has 106 valence electrons. The van der Waals surface area contributed by atoms with E-state index in [0.717, 1.165) is 25.7 Å². The van der Waals surface area contributed by atoms with Gasteiger partial charge in [-0.3, -0.25) is 0 Å². The molecule has 0 unspecified atom stereocenters. The second-order valence-electron chi connectivity index (χ2n) is 5.18. The maximum absolute atomic E-state index is 13.5. The van der Waals surface area contributed by atoms with Crippen LogP contribution in [0.3, 0.4) is 0 Å². The number of nitrogens with one attached hydrogen (secondary N) is 1.